The first kappa shape index (κ1) is 10.0. The van der Waals surface area contributed by atoms with E-state index in [1.165, 1.54) is 7.11 Å². The highest BCUT2D eigenvalue weighted by molar-refractivity contribution is 6.34. The third kappa shape index (κ3) is 1.99. The zero-order valence-corrected chi connectivity index (χ0v) is 7.93. The molecule has 5 nitrogen and oxygen atoms in total. The van der Waals surface area contributed by atoms with Crippen LogP contribution in [-0.4, -0.2) is 28.2 Å². The van der Waals surface area contributed by atoms with E-state index in [0.717, 1.165) is 0 Å². The van der Waals surface area contributed by atoms with Crippen LogP contribution in [0, 0.1) is 0 Å². The molecule has 0 aromatic carbocycles. The average Bonchev–Trinajstić information content (AvgIpc) is 2.03. The number of rotatable bonds is 2. The highest BCUT2D eigenvalue weighted by Crippen LogP contribution is 2.23. The van der Waals surface area contributed by atoms with E-state index >= 15 is 0 Å². The van der Waals surface area contributed by atoms with E-state index < -0.39 is 5.97 Å². The Morgan fingerprint density at radius 2 is 2.00 bits per heavy atom. The van der Waals surface area contributed by atoms with Crippen molar-refractivity contribution in [3.63, 3.8) is 0 Å². The molecule has 13 heavy (non-hydrogen) atoms. The van der Waals surface area contributed by atoms with Crippen LogP contribution in [0.15, 0.2) is 0 Å². The van der Waals surface area contributed by atoms with Crippen LogP contribution in [0.1, 0.15) is 10.5 Å². The quantitative estimate of drug-likeness (QED) is 0.822. The number of aromatic carboxylic acids is 1. The predicted molar refractivity (Wildman–Crippen MR) is 45.6 cm³/mol. The van der Waals surface area contributed by atoms with Gasteiger partial charge in [0.1, 0.15) is 0 Å². The predicted octanol–water partition coefficient (Wildman–Crippen LogP) is 1.49. The highest BCUT2D eigenvalue weighted by Gasteiger charge is 2.16. The van der Waals surface area contributed by atoms with E-state index in [0.29, 0.717) is 0 Å². The lowest BCUT2D eigenvalue weighted by Crippen LogP contribution is -2.05. The van der Waals surface area contributed by atoms with Gasteiger partial charge in [-0.3, -0.25) is 0 Å². The standard InChI is InChI=1S/C6H4Cl2N2O3/c1-13-5-4(8)10-3(7)2(9-5)6(11)12/h1H3,(H,11,12). The number of aromatic nitrogens is 2. The van der Waals surface area contributed by atoms with Crippen molar-refractivity contribution in [2.45, 2.75) is 0 Å². The van der Waals surface area contributed by atoms with Gasteiger partial charge in [-0.1, -0.05) is 23.2 Å². The molecule has 0 spiro atoms. The van der Waals surface area contributed by atoms with Gasteiger partial charge < -0.3 is 9.84 Å². The number of halogens is 2. The summed E-state index contributed by atoms with van der Waals surface area (Å²) in [6.45, 7) is 0. The Morgan fingerprint density at radius 3 is 2.46 bits per heavy atom. The molecule has 0 fully saturated rings. The molecule has 1 aromatic heterocycles. The lowest BCUT2D eigenvalue weighted by molar-refractivity contribution is 0.0689. The Bertz CT molecular complexity index is 356. The first-order valence-electron chi connectivity index (χ1n) is 3.06. The second-order valence-electron chi connectivity index (χ2n) is 1.97. The number of ether oxygens (including phenoxy) is 1. The Kier molecular flexibility index (Phi) is 2.90. The van der Waals surface area contributed by atoms with E-state index in [-0.39, 0.29) is 21.9 Å². The van der Waals surface area contributed by atoms with Gasteiger partial charge in [0.2, 0.25) is 0 Å². The van der Waals surface area contributed by atoms with Crippen molar-refractivity contribution in [3.8, 4) is 5.88 Å². The van der Waals surface area contributed by atoms with Crippen molar-refractivity contribution >= 4 is 29.2 Å². The second-order valence-corrected chi connectivity index (χ2v) is 2.68. The number of nitrogens with zero attached hydrogens (tertiary/aromatic N) is 2. The van der Waals surface area contributed by atoms with Gasteiger partial charge in [0.25, 0.3) is 5.88 Å². The van der Waals surface area contributed by atoms with Crippen molar-refractivity contribution in [2.75, 3.05) is 7.11 Å². The van der Waals surface area contributed by atoms with Gasteiger partial charge >= 0.3 is 5.97 Å². The number of carbonyl (C=O) groups is 1. The molecule has 0 saturated carbocycles. The fourth-order valence-corrected chi connectivity index (χ4v) is 1.10. The Balaban J connectivity index is 3.30. The smallest absolute Gasteiger partial charge is 0.357 e. The van der Waals surface area contributed by atoms with Crippen molar-refractivity contribution < 1.29 is 14.6 Å². The summed E-state index contributed by atoms with van der Waals surface area (Å²) >= 11 is 11.0. The summed E-state index contributed by atoms with van der Waals surface area (Å²) in [6.07, 6.45) is 0. The summed E-state index contributed by atoms with van der Waals surface area (Å²) in [5, 5.41) is 8.25. The SMILES string of the molecule is COc1nc(C(=O)O)c(Cl)nc1Cl. The van der Waals surface area contributed by atoms with Gasteiger partial charge in [0.05, 0.1) is 7.11 Å². The Labute approximate surface area is 83.3 Å². The Hall–Kier alpha value is -1.07. The van der Waals surface area contributed by atoms with Gasteiger partial charge in [-0.2, -0.15) is 0 Å². The third-order valence-corrected chi connectivity index (χ3v) is 1.69. The molecule has 1 heterocycles. The molecule has 1 rings (SSSR count). The molecular weight excluding hydrogens is 219 g/mol. The van der Waals surface area contributed by atoms with Crippen LogP contribution >= 0.6 is 23.2 Å². The zero-order chi connectivity index (χ0) is 10.0. The van der Waals surface area contributed by atoms with Crippen LogP contribution in [0.3, 0.4) is 0 Å². The number of carboxylic acids is 1. The van der Waals surface area contributed by atoms with Crippen molar-refractivity contribution in [3.05, 3.63) is 16.0 Å². The molecule has 7 heteroatoms. The second kappa shape index (κ2) is 3.76. The van der Waals surface area contributed by atoms with E-state index in [9.17, 15) is 4.79 Å². The molecule has 0 aliphatic carbocycles. The first-order chi connectivity index (χ1) is 6.06. The summed E-state index contributed by atoms with van der Waals surface area (Å²) in [7, 11) is 1.30. The maximum absolute atomic E-state index is 10.5. The first-order valence-corrected chi connectivity index (χ1v) is 3.82. The van der Waals surface area contributed by atoms with E-state index in [4.69, 9.17) is 28.3 Å². The van der Waals surface area contributed by atoms with Gasteiger partial charge in [0, 0.05) is 0 Å². The molecule has 0 bridgehead atoms. The van der Waals surface area contributed by atoms with E-state index in [1.807, 2.05) is 0 Å². The summed E-state index contributed by atoms with van der Waals surface area (Å²) < 4.78 is 4.66. The van der Waals surface area contributed by atoms with Crippen LogP contribution in [-0.2, 0) is 0 Å². The summed E-state index contributed by atoms with van der Waals surface area (Å²) in [6, 6.07) is 0. The van der Waals surface area contributed by atoms with Gasteiger partial charge in [-0.25, -0.2) is 14.8 Å². The average molecular weight is 223 g/mol. The maximum Gasteiger partial charge on any atom is 0.357 e. The number of methoxy groups -OCH3 is 1. The van der Waals surface area contributed by atoms with Gasteiger partial charge in [0.15, 0.2) is 16.0 Å². The number of hydrogen-bond acceptors (Lipinski definition) is 4. The van der Waals surface area contributed by atoms with Crippen LogP contribution in [0.2, 0.25) is 10.3 Å². The highest BCUT2D eigenvalue weighted by atomic mass is 35.5. The summed E-state index contributed by atoms with van der Waals surface area (Å²) in [4.78, 5) is 17.6. The molecule has 1 aromatic rings. The Morgan fingerprint density at radius 1 is 1.38 bits per heavy atom. The molecule has 0 amide bonds. The van der Waals surface area contributed by atoms with E-state index in [2.05, 4.69) is 14.7 Å². The van der Waals surface area contributed by atoms with Crippen molar-refractivity contribution in [2.24, 2.45) is 0 Å². The molecular formula is C6H4Cl2N2O3. The molecule has 0 unspecified atom stereocenters. The molecule has 0 atom stereocenters. The lowest BCUT2D eigenvalue weighted by Gasteiger charge is -2.02. The summed E-state index contributed by atoms with van der Waals surface area (Å²) in [5.74, 6) is -1.35. The van der Waals surface area contributed by atoms with Crippen LogP contribution in [0.5, 0.6) is 5.88 Å². The van der Waals surface area contributed by atoms with Gasteiger partial charge in [-0.05, 0) is 0 Å². The topological polar surface area (TPSA) is 72.3 Å². The monoisotopic (exact) mass is 222 g/mol. The van der Waals surface area contributed by atoms with Crippen LogP contribution < -0.4 is 4.74 Å². The number of carboxylic acid groups (broad SMARTS) is 1. The molecule has 0 radical (unpaired) electrons. The molecule has 70 valence electrons. The maximum atomic E-state index is 10.5. The lowest BCUT2D eigenvalue weighted by atomic mass is 10.4. The molecule has 0 aliphatic heterocycles. The van der Waals surface area contributed by atoms with Gasteiger partial charge in [-0.15, -0.1) is 0 Å². The zero-order valence-electron chi connectivity index (χ0n) is 6.41. The van der Waals surface area contributed by atoms with Crippen molar-refractivity contribution in [1.29, 1.82) is 0 Å². The minimum absolute atomic E-state index is 0.0662. The largest absolute Gasteiger partial charge is 0.479 e. The van der Waals surface area contributed by atoms with Crippen LogP contribution in [0.25, 0.3) is 0 Å². The fraction of sp³-hybridized carbons (Fsp3) is 0.167. The van der Waals surface area contributed by atoms with E-state index in [1.54, 1.807) is 0 Å². The minimum atomic E-state index is -1.28. The normalized spacial score (nSPS) is 9.77. The number of hydrogen-bond donors (Lipinski definition) is 1. The fourth-order valence-electron chi connectivity index (χ4n) is 0.647. The van der Waals surface area contributed by atoms with Crippen molar-refractivity contribution in [1.82, 2.24) is 9.97 Å². The third-order valence-electron chi connectivity index (χ3n) is 1.18. The summed E-state index contributed by atoms with van der Waals surface area (Å²) in [5.41, 5.74) is -0.386. The minimum Gasteiger partial charge on any atom is -0.479 e. The molecule has 1 N–H and O–H groups in total. The molecule has 0 saturated heterocycles. The molecule has 0 aliphatic rings. The van der Waals surface area contributed by atoms with Crippen LogP contribution in [0.4, 0.5) is 0 Å².